The van der Waals surface area contributed by atoms with Crippen LogP contribution in [0.15, 0.2) is 77.7 Å². The van der Waals surface area contributed by atoms with E-state index in [0.717, 1.165) is 33.3 Å². The lowest BCUT2D eigenvalue weighted by atomic mass is 9.97. The van der Waals surface area contributed by atoms with E-state index in [1.807, 2.05) is 60.7 Å². The molecule has 0 aliphatic heterocycles. The van der Waals surface area contributed by atoms with Gasteiger partial charge in [0.25, 0.3) is 5.56 Å². The maximum absolute atomic E-state index is 11.9. The zero-order valence-electron chi connectivity index (χ0n) is 15.0. The first kappa shape index (κ1) is 17.9. The molecule has 1 N–H and O–H groups in total. The minimum atomic E-state index is -0.290. The number of nitrogens with one attached hydrogen (secondary N) is 1. The minimum absolute atomic E-state index is 0.290. The molecule has 0 saturated heterocycles. The van der Waals surface area contributed by atoms with Crippen LogP contribution in [0.4, 0.5) is 0 Å². The number of nitrogens with zero attached hydrogens (tertiary/aromatic N) is 2. The number of H-pyrrole nitrogens is 1. The molecule has 0 radical (unpaired) electrons. The number of rotatable bonds is 2. The highest BCUT2D eigenvalue weighted by Crippen LogP contribution is 2.37. The van der Waals surface area contributed by atoms with Crippen LogP contribution in [-0.4, -0.2) is 15.0 Å². The van der Waals surface area contributed by atoms with Gasteiger partial charge in [-0.3, -0.25) is 9.78 Å². The van der Waals surface area contributed by atoms with Crippen LogP contribution in [0, 0.1) is 0 Å². The molecule has 140 valence electrons. The molecule has 4 nitrogen and oxygen atoms in total. The molecule has 0 fully saturated rings. The van der Waals surface area contributed by atoms with Gasteiger partial charge in [-0.05, 0) is 29.8 Å². The van der Waals surface area contributed by atoms with Gasteiger partial charge in [-0.2, -0.15) is 0 Å². The lowest BCUT2D eigenvalue weighted by Crippen LogP contribution is -2.05. The van der Waals surface area contributed by atoms with Gasteiger partial charge in [0.15, 0.2) is 0 Å². The molecule has 5 aromatic rings. The third kappa shape index (κ3) is 3.16. The van der Waals surface area contributed by atoms with Crippen LogP contribution < -0.4 is 5.56 Å². The molecule has 0 aliphatic carbocycles. The van der Waals surface area contributed by atoms with E-state index >= 15 is 0 Å². The number of halogens is 2. The molecule has 0 bridgehead atoms. The molecule has 6 heteroatoms. The third-order valence-corrected chi connectivity index (χ3v) is 5.40. The van der Waals surface area contributed by atoms with Crippen molar-refractivity contribution in [3.8, 4) is 22.4 Å². The third-order valence-electron chi connectivity index (χ3n) is 4.80. The molecule has 0 unspecified atom stereocenters. The van der Waals surface area contributed by atoms with Crippen LogP contribution in [0.5, 0.6) is 0 Å². The van der Waals surface area contributed by atoms with E-state index in [9.17, 15) is 4.79 Å². The van der Waals surface area contributed by atoms with Gasteiger partial charge in [-0.15, -0.1) is 0 Å². The lowest BCUT2D eigenvalue weighted by molar-refractivity contribution is 1.23. The van der Waals surface area contributed by atoms with Gasteiger partial charge in [0.05, 0.1) is 21.3 Å². The maximum atomic E-state index is 11.9. The summed E-state index contributed by atoms with van der Waals surface area (Å²) in [7, 11) is 0. The molecule has 0 amide bonds. The Kier molecular flexibility index (Phi) is 4.31. The highest BCUT2D eigenvalue weighted by atomic mass is 35.5. The molecule has 0 spiro atoms. The zero-order valence-corrected chi connectivity index (χ0v) is 16.5. The van der Waals surface area contributed by atoms with E-state index in [1.54, 1.807) is 6.20 Å². The van der Waals surface area contributed by atoms with Crippen LogP contribution in [0.1, 0.15) is 0 Å². The second kappa shape index (κ2) is 6.99. The zero-order chi connectivity index (χ0) is 20.0. The fourth-order valence-electron chi connectivity index (χ4n) is 3.48. The Morgan fingerprint density at radius 1 is 0.828 bits per heavy atom. The smallest absolute Gasteiger partial charge is 0.251 e. The van der Waals surface area contributed by atoms with Crippen molar-refractivity contribution < 1.29 is 0 Å². The summed E-state index contributed by atoms with van der Waals surface area (Å²) in [5, 5.41) is 2.51. The van der Waals surface area contributed by atoms with Crippen molar-refractivity contribution in [1.82, 2.24) is 15.0 Å². The summed E-state index contributed by atoms with van der Waals surface area (Å²) < 4.78 is 0. The lowest BCUT2D eigenvalue weighted by Gasteiger charge is -2.13. The first-order valence-electron chi connectivity index (χ1n) is 8.94. The SMILES string of the molecule is O=c1cc(Cl)c2cc(-c3cc(Cl)c4ncccc4c3)c(-c3ccccc3)nc2[nH]1. The van der Waals surface area contributed by atoms with Gasteiger partial charge in [0, 0.05) is 34.2 Å². The van der Waals surface area contributed by atoms with Crippen molar-refractivity contribution in [3.05, 3.63) is 93.3 Å². The first-order valence-corrected chi connectivity index (χ1v) is 9.69. The molecule has 29 heavy (non-hydrogen) atoms. The summed E-state index contributed by atoms with van der Waals surface area (Å²) in [4.78, 5) is 23.8. The quantitative estimate of drug-likeness (QED) is 0.376. The summed E-state index contributed by atoms with van der Waals surface area (Å²) in [6.07, 6.45) is 1.72. The summed E-state index contributed by atoms with van der Waals surface area (Å²) in [6.45, 7) is 0. The van der Waals surface area contributed by atoms with Gasteiger partial charge >= 0.3 is 0 Å². The van der Waals surface area contributed by atoms with Crippen molar-refractivity contribution in [1.29, 1.82) is 0 Å². The Bertz CT molecular complexity index is 1450. The van der Waals surface area contributed by atoms with E-state index in [2.05, 4.69) is 9.97 Å². The average molecular weight is 418 g/mol. The highest BCUT2D eigenvalue weighted by molar-refractivity contribution is 6.36. The summed E-state index contributed by atoms with van der Waals surface area (Å²) >= 11 is 12.9. The average Bonchev–Trinajstić information content (AvgIpc) is 2.73. The maximum Gasteiger partial charge on any atom is 0.251 e. The minimum Gasteiger partial charge on any atom is -0.306 e. The van der Waals surface area contributed by atoms with E-state index in [-0.39, 0.29) is 5.56 Å². The normalized spacial score (nSPS) is 11.2. The largest absolute Gasteiger partial charge is 0.306 e. The summed E-state index contributed by atoms with van der Waals surface area (Å²) in [5.74, 6) is 0. The van der Waals surface area contributed by atoms with Crippen LogP contribution in [0.3, 0.4) is 0 Å². The Labute approximate surface area is 175 Å². The van der Waals surface area contributed by atoms with Crippen LogP contribution in [-0.2, 0) is 0 Å². The Morgan fingerprint density at radius 2 is 1.66 bits per heavy atom. The van der Waals surface area contributed by atoms with E-state index in [1.165, 1.54) is 6.07 Å². The van der Waals surface area contributed by atoms with Gasteiger partial charge < -0.3 is 4.98 Å². The summed E-state index contributed by atoms with van der Waals surface area (Å²) in [6, 6.07) is 20.8. The summed E-state index contributed by atoms with van der Waals surface area (Å²) in [5.41, 5.74) is 4.31. The topological polar surface area (TPSA) is 58.6 Å². The number of fused-ring (bicyclic) bond motifs is 2. The fourth-order valence-corrected chi connectivity index (χ4v) is 3.99. The molecule has 3 heterocycles. The Morgan fingerprint density at radius 3 is 2.48 bits per heavy atom. The standard InChI is InChI=1S/C23H13Cl2N3O/c24-18-12-20(29)27-23-17(18)11-16(21(28-23)13-5-2-1-3-6-13)15-9-14-7-4-8-26-22(14)19(25)10-15/h1-12H,(H,27,28,29). The van der Waals surface area contributed by atoms with Crippen molar-refractivity contribution in [2.75, 3.05) is 0 Å². The van der Waals surface area contributed by atoms with E-state index < -0.39 is 0 Å². The van der Waals surface area contributed by atoms with Crippen LogP contribution in [0.2, 0.25) is 10.0 Å². The van der Waals surface area contributed by atoms with Gasteiger partial charge in [-0.1, -0.05) is 59.6 Å². The number of pyridine rings is 3. The predicted octanol–water partition coefficient (Wildman–Crippen LogP) is 6.11. The molecule has 0 saturated carbocycles. The molecule has 5 rings (SSSR count). The number of aromatic nitrogens is 3. The predicted molar refractivity (Wildman–Crippen MR) is 119 cm³/mol. The van der Waals surface area contributed by atoms with Gasteiger partial charge in [0.1, 0.15) is 5.65 Å². The fraction of sp³-hybridized carbons (Fsp3) is 0. The molecular formula is C23H13Cl2N3O. The molecule has 2 aromatic carbocycles. The van der Waals surface area contributed by atoms with Crippen LogP contribution in [0.25, 0.3) is 44.3 Å². The van der Waals surface area contributed by atoms with Crippen molar-refractivity contribution in [3.63, 3.8) is 0 Å². The van der Waals surface area contributed by atoms with Crippen molar-refractivity contribution in [2.45, 2.75) is 0 Å². The number of hydrogen-bond acceptors (Lipinski definition) is 3. The number of aromatic amines is 1. The van der Waals surface area contributed by atoms with Gasteiger partial charge in [-0.25, -0.2) is 4.98 Å². The first-order chi connectivity index (χ1) is 14.1. The van der Waals surface area contributed by atoms with E-state index in [4.69, 9.17) is 28.2 Å². The number of hydrogen-bond donors (Lipinski definition) is 1. The molecule has 3 aromatic heterocycles. The van der Waals surface area contributed by atoms with Crippen molar-refractivity contribution >= 4 is 45.1 Å². The van der Waals surface area contributed by atoms with Gasteiger partial charge in [0.2, 0.25) is 0 Å². The van der Waals surface area contributed by atoms with Crippen molar-refractivity contribution in [2.24, 2.45) is 0 Å². The Balaban J connectivity index is 1.88. The second-order valence-electron chi connectivity index (χ2n) is 6.66. The monoisotopic (exact) mass is 417 g/mol. The molecular weight excluding hydrogens is 405 g/mol. The second-order valence-corrected chi connectivity index (χ2v) is 7.48. The highest BCUT2D eigenvalue weighted by Gasteiger charge is 2.15. The Hall–Kier alpha value is -3.21. The van der Waals surface area contributed by atoms with Crippen LogP contribution >= 0.6 is 23.2 Å². The number of benzene rings is 2. The molecule has 0 atom stereocenters. The molecule has 0 aliphatic rings. The van der Waals surface area contributed by atoms with E-state index in [0.29, 0.717) is 21.1 Å².